The number of phenolic OH excluding ortho intramolecular Hbond substituents is 1. The van der Waals surface area contributed by atoms with Gasteiger partial charge in [0.1, 0.15) is 11.3 Å². The molecular weight excluding hydrogens is 360 g/mol. The van der Waals surface area contributed by atoms with E-state index in [9.17, 15) is 14.7 Å². The van der Waals surface area contributed by atoms with Gasteiger partial charge in [-0.3, -0.25) is 13.9 Å². The molecule has 2 heterocycles. The van der Waals surface area contributed by atoms with Crippen molar-refractivity contribution in [1.29, 1.82) is 0 Å². The van der Waals surface area contributed by atoms with E-state index in [0.29, 0.717) is 42.2 Å². The monoisotopic (exact) mass is 384 g/mol. The zero-order chi connectivity index (χ0) is 20.3. The summed E-state index contributed by atoms with van der Waals surface area (Å²) in [4.78, 5) is 32.9. The van der Waals surface area contributed by atoms with Crippen LogP contribution in [0, 0.1) is 0 Å². The molecule has 0 aliphatic heterocycles. The van der Waals surface area contributed by atoms with Crippen LogP contribution in [0.15, 0.2) is 27.8 Å². The lowest BCUT2D eigenvalue weighted by atomic mass is 10.2. The molecular formula is C20H24N4O4. The minimum atomic E-state index is -0.354. The van der Waals surface area contributed by atoms with E-state index in [4.69, 9.17) is 4.74 Å². The molecule has 0 aliphatic carbocycles. The summed E-state index contributed by atoms with van der Waals surface area (Å²) < 4.78 is 7.91. The standard InChI is InChI=1S/C20H24N4O4/c1-4-10-23-18-17(19(26)24(11-5-2)20(23)27)21-16(22-18)9-7-13-6-8-14(25)15(12-13)28-3/h6-9,12,25H,4-5,10-11H2,1-3H3,(H,21,22). The molecule has 0 aliphatic rings. The number of fused-ring (bicyclic) bond motifs is 1. The molecule has 0 amide bonds. The SMILES string of the molecule is CCCn1c(=O)c2[nH]c(C=Cc3ccc(O)c(OC)c3)nc2n(CCC)c1=O. The van der Waals surface area contributed by atoms with Crippen LogP contribution >= 0.6 is 0 Å². The van der Waals surface area contributed by atoms with Crippen LogP contribution in [0.4, 0.5) is 0 Å². The van der Waals surface area contributed by atoms with Gasteiger partial charge < -0.3 is 14.8 Å². The number of aryl methyl sites for hydroxylation is 1. The van der Waals surface area contributed by atoms with Crippen molar-refractivity contribution >= 4 is 23.3 Å². The summed E-state index contributed by atoms with van der Waals surface area (Å²) in [6.07, 6.45) is 4.95. The van der Waals surface area contributed by atoms with E-state index in [1.807, 2.05) is 13.8 Å². The van der Waals surface area contributed by atoms with Crippen LogP contribution in [-0.4, -0.2) is 31.3 Å². The number of hydrogen-bond donors (Lipinski definition) is 2. The van der Waals surface area contributed by atoms with Crippen LogP contribution in [0.2, 0.25) is 0 Å². The van der Waals surface area contributed by atoms with Gasteiger partial charge in [0, 0.05) is 13.1 Å². The number of rotatable bonds is 7. The third-order valence-electron chi connectivity index (χ3n) is 4.41. The maximum absolute atomic E-state index is 12.7. The Morgan fingerprint density at radius 2 is 1.86 bits per heavy atom. The Labute approximate surface area is 161 Å². The van der Waals surface area contributed by atoms with E-state index < -0.39 is 0 Å². The third-order valence-corrected chi connectivity index (χ3v) is 4.41. The van der Waals surface area contributed by atoms with Crippen LogP contribution in [0.25, 0.3) is 23.3 Å². The quantitative estimate of drug-likeness (QED) is 0.652. The van der Waals surface area contributed by atoms with Crippen LogP contribution < -0.4 is 16.0 Å². The molecule has 2 N–H and O–H groups in total. The van der Waals surface area contributed by atoms with Crippen molar-refractivity contribution in [2.75, 3.05) is 7.11 Å². The van der Waals surface area contributed by atoms with Crippen LogP contribution in [0.5, 0.6) is 11.5 Å². The number of nitrogens with zero attached hydrogens (tertiary/aromatic N) is 3. The van der Waals surface area contributed by atoms with Gasteiger partial charge in [0.15, 0.2) is 17.1 Å². The zero-order valence-corrected chi connectivity index (χ0v) is 16.2. The van der Waals surface area contributed by atoms with Gasteiger partial charge in [-0.05, 0) is 36.6 Å². The van der Waals surface area contributed by atoms with Gasteiger partial charge in [0.05, 0.1) is 7.11 Å². The summed E-state index contributed by atoms with van der Waals surface area (Å²) in [6, 6.07) is 4.97. The van der Waals surface area contributed by atoms with Crippen molar-refractivity contribution in [1.82, 2.24) is 19.1 Å². The number of ether oxygens (including phenoxy) is 1. The summed E-state index contributed by atoms with van der Waals surface area (Å²) in [6.45, 7) is 4.75. The maximum Gasteiger partial charge on any atom is 0.332 e. The number of H-pyrrole nitrogens is 1. The predicted octanol–water partition coefficient (Wildman–Crippen LogP) is 2.59. The van der Waals surface area contributed by atoms with Gasteiger partial charge in [-0.15, -0.1) is 0 Å². The number of aromatic amines is 1. The van der Waals surface area contributed by atoms with Crippen molar-refractivity contribution in [2.45, 2.75) is 39.8 Å². The molecule has 2 aromatic heterocycles. The number of imidazole rings is 1. The average molecular weight is 384 g/mol. The molecule has 8 heteroatoms. The highest BCUT2D eigenvalue weighted by Gasteiger charge is 2.15. The van der Waals surface area contributed by atoms with E-state index >= 15 is 0 Å². The van der Waals surface area contributed by atoms with Gasteiger partial charge >= 0.3 is 5.69 Å². The molecule has 0 bridgehead atoms. The summed E-state index contributed by atoms with van der Waals surface area (Å²) in [5.74, 6) is 0.895. The average Bonchev–Trinajstić information content (AvgIpc) is 3.12. The Hall–Kier alpha value is -3.29. The highest BCUT2D eigenvalue weighted by atomic mass is 16.5. The fourth-order valence-corrected chi connectivity index (χ4v) is 3.08. The fraction of sp³-hybridized carbons (Fsp3) is 0.350. The molecule has 148 valence electrons. The van der Waals surface area contributed by atoms with Crippen molar-refractivity contribution < 1.29 is 9.84 Å². The zero-order valence-electron chi connectivity index (χ0n) is 16.2. The van der Waals surface area contributed by atoms with Gasteiger partial charge in [-0.1, -0.05) is 26.0 Å². The van der Waals surface area contributed by atoms with E-state index in [2.05, 4.69) is 9.97 Å². The Kier molecular flexibility index (Phi) is 5.67. The lowest BCUT2D eigenvalue weighted by Crippen LogP contribution is -2.40. The molecule has 0 fully saturated rings. The highest BCUT2D eigenvalue weighted by Crippen LogP contribution is 2.27. The number of hydrogen-bond acceptors (Lipinski definition) is 5. The Morgan fingerprint density at radius 1 is 1.14 bits per heavy atom. The van der Waals surface area contributed by atoms with Gasteiger partial charge in [-0.25, -0.2) is 9.78 Å². The van der Waals surface area contributed by atoms with Crippen molar-refractivity contribution in [2.24, 2.45) is 0 Å². The second-order valence-corrected chi connectivity index (χ2v) is 6.48. The molecule has 0 radical (unpaired) electrons. The number of nitrogens with one attached hydrogen (secondary N) is 1. The number of aromatic hydroxyl groups is 1. The molecule has 0 unspecified atom stereocenters. The van der Waals surface area contributed by atoms with Gasteiger partial charge in [-0.2, -0.15) is 0 Å². The van der Waals surface area contributed by atoms with Crippen molar-refractivity contribution in [3.8, 4) is 11.5 Å². The summed E-state index contributed by atoms with van der Waals surface area (Å²) in [7, 11) is 1.48. The first kappa shape index (κ1) is 19.5. The first-order valence-corrected chi connectivity index (χ1v) is 9.28. The molecule has 0 atom stereocenters. The lowest BCUT2D eigenvalue weighted by Gasteiger charge is -2.09. The topological polar surface area (TPSA) is 102 Å². The molecule has 0 saturated heterocycles. The normalized spacial score (nSPS) is 11.5. The molecule has 28 heavy (non-hydrogen) atoms. The Morgan fingerprint density at radius 3 is 2.54 bits per heavy atom. The van der Waals surface area contributed by atoms with E-state index in [-0.39, 0.29) is 17.0 Å². The number of phenols is 1. The van der Waals surface area contributed by atoms with Gasteiger partial charge in [0.2, 0.25) is 0 Å². The van der Waals surface area contributed by atoms with Crippen LogP contribution in [-0.2, 0) is 13.1 Å². The van der Waals surface area contributed by atoms with E-state index in [1.165, 1.54) is 11.7 Å². The van der Waals surface area contributed by atoms with Crippen LogP contribution in [0.3, 0.4) is 0 Å². The highest BCUT2D eigenvalue weighted by molar-refractivity contribution is 5.75. The second kappa shape index (κ2) is 8.16. The van der Waals surface area contributed by atoms with Crippen molar-refractivity contribution in [3.63, 3.8) is 0 Å². The molecule has 0 spiro atoms. The maximum atomic E-state index is 12.7. The first-order chi connectivity index (χ1) is 13.5. The smallest absolute Gasteiger partial charge is 0.332 e. The number of methoxy groups -OCH3 is 1. The Bertz CT molecular complexity index is 1140. The number of aromatic nitrogens is 4. The number of benzene rings is 1. The van der Waals surface area contributed by atoms with E-state index in [0.717, 1.165) is 12.0 Å². The predicted molar refractivity (Wildman–Crippen MR) is 109 cm³/mol. The first-order valence-electron chi connectivity index (χ1n) is 9.28. The Balaban J connectivity index is 2.08. The minimum Gasteiger partial charge on any atom is -0.504 e. The minimum absolute atomic E-state index is 0.0587. The molecule has 0 saturated carbocycles. The van der Waals surface area contributed by atoms with Crippen LogP contribution in [0.1, 0.15) is 38.1 Å². The summed E-state index contributed by atoms with van der Waals surface area (Å²) in [5, 5.41) is 9.69. The van der Waals surface area contributed by atoms with E-state index in [1.54, 1.807) is 34.9 Å². The summed E-state index contributed by atoms with van der Waals surface area (Å²) >= 11 is 0. The van der Waals surface area contributed by atoms with Crippen molar-refractivity contribution in [3.05, 3.63) is 50.4 Å². The second-order valence-electron chi connectivity index (χ2n) is 6.48. The largest absolute Gasteiger partial charge is 0.504 e. The summed E-state index contributed by atoms with van der Waals surface area (Å²) in [5.41, 5.74) is 0.806. The third kappa shape index (κ3) is 3.58. The molecule has 8 nitrogen and oxygen atoms in total. The molecule has 3 aromatic rings. The fourth-order valence-electron chi connectivity index (χ4n) is 3.08. The molecule has 3 rings (SSSR count). The van der Waals surface area contributed by atoms with Gasteiger partial charge in [0.25, 0.3) is 5.56 Å². The molecule has 1 aromatic carbocycles. The lowest BCUT2D eigenvalue weighted by molar-refractivity contribution is 0.373.